The van der Waals surface area contributed by atoms with Crippen molar-refractivity contribution in [3.63, 3.8) is 0 Å². The Morgan fingerprint density at radius 1 is 1.12 bits per heavy atom. The molecular formula is C19H20N6S. The maximum atomic E-state index is 4.44. The number of hydrogen-bond acceptors (Lipinski definition) is 6. The lowest BCUT2D eigenvalue weighted by molar-refractivity contribution is 0.731. The molecule has 4 aromatic rings. The van der Waals surface area contributed by atoms with Crippen LogP contribution in [0.15, 0.2) is 53.9 Å². The Hall–Kier alpha value is -2.80. The molecule has 0 fully saturated rings. The van der Waals surface area contributed by atoms with Crippen LogP contribution in [0.3, 0.4) is 0 Å². The van der Waals surface area contributed by atoms with E-state index in [1.807, 2.05) is 12.1 Å². The van der Waals surface area contributed by atoms with Gasteiger partial charge in [0.15, 0.2) is 5.65 Å². The van der Waals surface area contributed by atoms with Crippen LogP contribution in [0, 0.1) is 0 Å². The van der Waals surface area contributed by atoms with Gasteiger partial charge in [-0.2, -0.15) is 0 Å². The average Bonchev–Trinajstić information content (AvgIpc) is 3.36. The van der Waals surface area contributed by atoms with E-state index in [1.165, 1.54) is 33.5 Å². The molecule has 4 rings (SSSR count). The first-order valence-corrected chi connectivity index (χ1v) is 9.65. The number of aromatic nitrogens is 5. The number of aryl methyl sites for hydroxylation is 1. The number of unbranched alkanes of at least 4 members (excludes halogenated alkanes) is 1. The molecule has 3 aromatic heterocycles. The fraction of sp³-hybridized carbons (Fsp3) is 0.263. The van der Waals surface area contributed by atoms with Crippen molar-refractivity contribution >= 4 is 22.8 Å². The molecule has 7 heteroatoms. The highest BCUT2D eigenvalue weighted by Crippen LogP contribution is 2.29. The Labute approximate surface area is 155 Å². The van der Waals surface area contributed by atoms with E-state index in [0.717, 1.165) is 12.2 Å². The van der Waals surface area contributed by atoms with Crippen LogP contribution < -0.4 is 5.32 Å². The minimum absolute atomic E-state index is 0.0386. The van der Waals surface area contributed by atoms with Gasteiger partial charge in [-0.05, 0) is 58.0 Å². The molecule has 1 atom stereocenters. The van der Waals surface area contributed by atoms with Gasteiger partial charge >= 0.3 is 0 Å². The summed E-state index contributed by atoms with van der Waals surface area (Å²) in [5, 5.41) is 21.5. The zero-order chi connectivity index (χ0) is 17.8. The molecule has 0 saturated carbocycles. The number of fused-ring (bicyclic) bond motifs is 1. The van der Waals surface area contributed by atoms with E-state index >= 15 is 0 Å². The molecule has 1 N–H and O–H groups in total. The van der Waals surface area contributed by atoms with Crippen LogP contribution in [-0.4, -0.2) is 25.3 Å². The molecule has 0 aliphatic heterocycles. The van der Waals surface area contributed by atoms with Gasteiger partial charge in [-0.15, -0.1) is 26.2 Å². The fourth-order valence-electron chi connectivity index (χ4n) is 2.91. The van der Waals surface area contributed by atoms with Gasteiger partial charge in [0.2, 0.25) is 0 Å². The lowest BCUT2D eigenvalue weighted by Gasteiger charge is -2.19. The highest BCUT2D eigenvalue weighted by Gasteiger charge is 2.16. The maximum Gasteiger partial charge on any atom is 0.200 e. The third-order valence-electron chi connectivity index (χ3n) is 4.32. The predicted octanol–water partition coefficient (Wildman–Crippen LogP) is 4.12. The Kier molecular flexibility index (Phi) is 4.88. The van der Waals surface area contributed by atoms with Crippen molar-refractivity contribution in [3.05, 3.63) is 69.9 Å². The molecule has 1 aromatic carbocycles. The fourth-order valence-corrected chi connectivity index (χ4v) is 3.71. The topological polar surface area (TPSA) is 68.0 Å². The molecule has 0 unspecified atom stereocenters. The summed E-state index contributed by atoms with van der Waals surface area (Å²) in [5.74, 6) is 0.734. The second-order valence-electron chi connectivity index (χ2n) is 6.18. The van der Waals surface area contributed by atoms with Crippen LogP contribution in [0.4, 0.5) is 5.82 Å². The molecule has 0 bridgehead atoms. The average molecular weight is 364 g/mol. The number of hydrogen-bond donors (Lipinski definition) is 1. The summed E-state index contributed by atoms with van der Waals surface area (Å²) in [6.45, 7) is 2.22. The van der Waals surface area contributed by atoms with Crippen molar-refractivity contribution in [1.29, 1.82) is 0 Å². The molecule has 3 heterocycles. The van der Waals surface area contributed by atoms with E-state index in [1.54, 1.807) is 11.3 Å². The van der Waals surface area contributed by atoms with E-state index in [2.05, 4.69) is 74.6 Å². The first kappa shape index (κ1) is 16.7. The van der Waals surface area contributed by atoms with Crippen molar-refractivity contribution in [2.75, 3.05) is 5.32 Å². The van der Waals surface area contributed by atoms with Crippen LogP contribution >= 0.6 is 11.3 Å². The molecule has 0 spiro atoms. The quantitative estimate of drug-likeness (QED) is 0.534. The van der Waals surface area contributed by atoms with Crippen molar-refractivity contribution in [1.82, 2.24) is 25.3 Å². The largest absolute Gasteiger partial charge is 0.357 e. The Morgan fingerprint density at radius 2 is 2.00 bits per heavy atom. The normalized spacial score (nSPS) is 12.3. The lowest BCUT2D eigenvalue weighted by atomic mass is 10.0. The van der Waals surface area contributed by atoms with E-state index in [-0.39, 0.29) is 6.04 Å². The van der Waals surface area contributed by atoms with Gasteiger partial charge in [0.25, 0.3) is 0 Å². The highest BCUT2D eigenvalue weighted by molar-refractivity contribution is 7.10. The smallest absolute Gasteiger partial charge is 0.200 e. The Morgan fingerprint density at radius 3 is 2.77 bits per heavy atom. The van der Waals surface area contributed by atoms with E-state index < -0.39 is 0 Å². The molecule has 0 aliphatic rings. The predicted molar refractivity (Wildman–Crippen MR) is 103 cm³/mol. The van der Waals surface area contributed by atoms with Gasteiger partial charge in [-0.3, -0.25) is 0 Å². The third kappa shape index (κ3) is 3.57. The Bertz CT molecular complexity index is 961. The number of nitrogens with one attached hydrogen (secondary N) is 1. The third-order valence-corrected chi connectivity index (χ3v) is 5.26. The number of benzene rings is 1. The van der Waals surface area contributed by atoms with Crippen molar-refractivity contribution in [3.8, 4) is 0 Å². The highest BCUT2D eigenvalue weighted by atomic mass is 32.1. The van der Waals surface area contributed by atoms with E-state index in [9.17, 15) is 0 Å². The molecule has 6 nitrogen and oxygen atoms in total. The number of rotatable bonds is 7. The number of thiophene rings is 1. The molecular weight excluding hydrogens is 344 g/mol. The van der Waals surface area contributed by atoms with Crippen LogP contribution in [0.2, 0.25) is 0 Å². The molecule has 0 radical (unpaired) electrons. The summed E-state index contributed by atoms with van der Waals surface area (Å²) >= 11 is 1.73. The summed E-state index contributed by atoms with van der Waals surface area (Å²) in [5.41, 5.74) is 3.23. The first-order valence-electron chi connectivity index (χ1n) is 8.77. The van der Waals surface area contributed by atoms with Crippen LogP contribution in [0.1, 0.15) is 41.8 Å². The summed E-state index contributed by atoms with van der Waals surface area (Å²) in [4.78, 5) is 1.24. The Balaban J connectivity index is 1.62. The van der Waals surface area contributed by atoms with Crippen LogP contribution in [0.5, 0.6) is 0 Å². The summed E-state index contributed by atoms with van der Waals surface area (Å²) in [6.07, 6.45) is 3.57. The summed E-state index contributed by atoms with van der Waals surface area (Å²) in [7, 11) is 0. The van der Waals surface area contributed by atoms with E-state index in [4.69, 9.17) is 0 Å². The number of nitrogens with zero attached hydrogens (tertiary/aromatic N) is 5. The van der Waals surface area contributed by atoms with Gasteiger partial charge in [-0.25, -0.2) is 0 Å². The lowest BCUT2D eigenvalue weighted by Crippen LogP contribution is -2.13. The molecule has 0 aliphatic carbocycles. The molecule has 132 valence electrons. The number of anilines is 1. The second kappa shape index (κ2) is 7.61. The molecule has 0 saturated heterocycles. The zero-order valence-corrected chi connectivity index (χ0v) is 15.4. The van der Waals surface area contributed by atoms with Crippen molar-refractivity contribution in [2.24, 2.45) is 0 Å². The SMILES string of the molecule is CCCCc1ccc([C@@H](Nc2ccc3nnnn3n2)c2cccs2)cc1. The van der Waals surface area contributed by atoms with Crippen LogP contribution in [-0.2, 0) is 6.42 Å². The van der Waals surface area contributed by atoms with Gasteiger partial charge in [0.1, 0.15) is 5.82 Å². The number of tetrazole rings is 1. The van der Waals surface area contributed by atoms with Gasteiger partial charge in [0, 0.05) is 4.88 Å². The van der Waals surface area contributed by atoms with Gasteiger partial charge in [0.05, 0.1) is 6.04 Å². The maximum absolute atomic E-state index is 4.44. The second-order valence-corrected chi connectivity index (χ2v) is 7.16. The van der Waals surface area contributed by atoms with Crippen molar-refractivity contribution < 1.29 is 0 Å². The monoisotopic (exact) mass is 364 g/mol. The minimum Gasteiger partial charge on any atom is -0.357 e. The summed E-state index contributed by atoms with van der Waals surface area (Å²) in [6, 6.07) is 16.9. The van der Waals surface area contributed by atoms with Gasteiger partial charge < -0.3 is 5.32 Å². The standard InChI is InChI=1S/C19H20N6S/c1-2-3-5-14-7-9-15(10-8-14)19(16-6-4-13-26-16)20-17-11-12-18-21-23-24-25(18)22-17/h4,6-13,19H,2-3,5H2,1H3,(H,20,22)/t19-/m1/s1. The molecule has 26 heavy (non-hydrogen) atoms. The summed E-state index contributed by atoms with van der Waals surface area (Å²) < 4.78 is 1.43. The van der Waals surface area contributed by atoms with Crippen molar-refractivity contribution in [2.45, 2.75) is 32.2 Å². The minimum atomic E-state index is 0.0386. The van der Waals surface area contributed by atoms with Crippen LogP contribution in [0.25, 0.3) is 5.65 Å². The molecule has 0 amide bonds. The first-order chi connectivity index (χ1) is 12.8. The zero-order valence-electron chi connectivity index (χ0n) is 14.5. The van der Waals surface area contributed by atoms with Gasteiger partial charge in [-0.1, -0.05) is 43.7 Å². The van der Waals surface area contributed by atoms with E-state index in [0.29, 0.717) is 5.65 Å².